The van der Waals surface area contributed by atoms with Gasteiger partial charge in [-0.2, -0.15) is 25.8 Å². The number of carbonyl (C=O) groups excluding carboxylic acids is 1. The average molecular weight is 463 g/mol. The second-order valence-corrected chi connectivity index (χ2v) is 8.04. The minimum absolute atomic E-state index is 0.0923. The number of carbonyl (C=O) groups is 2. The first-order valence-corrected chi connectivity index (χ1v) is 10.3. The summed E-state index contributed by atoms with van der Waals surface area (Å²) in [6, 6.07) is 6.16. The van der Waals surface area contributed by atoms with Crippen molar-refractivity contribution in [2.45, 2.75) is 36.7 Å². The zero-order chi connectivity index (χ0) is 23.2. The van der Waals surface area contributed by atoms with Crippen LogP contribution in [0.1, 0.15) is 30.9 Å². The Balaban J connectivity index is 0.000000423. The predicted molar refractivity (Wildman–Crippen MR) is 109 cm³/mol. The molecule has 1 aliphatic carbocycles. The fourth-order valence-corrected chi connectivity index (χ4v) is 3.62. The van der Waals surface area contributed by atoms with E-state index in [-0.39, 0.29) is 22.8 Å². The SMILES string of the molecule is COC/C=C1\CN(C(C(=O)C2CC2)c2ccccc2F)CCC1S.O=C(O)C(F)(F)F. The van der Waals surface area contributed by atoms with Crippen LogP contribution in [-0.2, 0) is 14.3 Å². The molecule has 2 unspecified atom stereocenters. The van der Waals surface area contributed by atoms with Gasteiger partial charge in [0.25, 0.3) is 0 Å². The van der Waals surface area contributed by atoms with Gasteiger partial charge in [0.1, 0.15) is 5.82 Å². The number of Topliss-reactive ketones (excluding diaryl/α,β-unsaturated/α-hetero) is 1. The van der Waals surface area contributed by atoms with E-state index in [2.05, 4.69) is 17.5 Å². The number of nitrogens with zero attached hydrogens (tertiary/aromatic N) is 1. The van der Waals surface area contributed by atoms with Crippen LogP contribution in [0.15, 0.2) is 35.9 Å². The van der Waals surface area contributed by atoms with Crippen LogP contribution in [0.2, 0.25) is 0 Å². The molecule has 0 bridgehead atoms. The molecule has 0 aromatic heterocycles. The van der Waals surface area contributed by atoms with Crippen molar-refractivity contribution in [3.8, 4) is 0 Å². The Morgan fingerprint density at radius 2 is 1.90 bits per heavy atom. The van der Waals surface area contributed by atoms with Crippen molar-refractivity contribution in [2.75, 3.05) is 26.8 Å². The largest absolute Gasteiger partial charge is 0.490 e. The van der Waals surface area contributed by atoms with Crippen LogP contribution in [0.25, 0.3) is 0 Å². The van der Waals surface area contributed by atoms with Crippen molar-refractivity contribution in [3.63, 3.8) is 0 Å². The molecule has 0 amide bonds. The van der Waals surface area contributed by atoms with Gasteiger partial charge in [-0.1, -0.05) is 24.3 Å². The molecule has 10 heteroatoms. The van der Waals surface area contributed by atoms with Crippen molar-refractivity contribution >= 4 is 24.4 Å². The maximum absolute atomic E-state index is 14.4. The molecule has 1 saturated carbocycles. The Morgan fingerprint density at radius 3 is 2.42 bits per heavy atom. The number of rotatable bonds is 6. The Morgan fingerprint density at radius 1 is 1.29 bits per heavy atom. The minimum Gasteiger partial charge on any atom is -0.475 e. The van der Waals surface area contributed by atoms with E-state index in [1.165, 1.54) is 6.07 Å². The van der Waals surface area contributed by atoms with Gasteiger partial charge in [0.2, 0.25) is 0 Å². The molecule has 1 N–H and O–H groups in total. The Hall–Kier alpha value is -1.91. The van der Waals surface area contributed by atoms with Crippen LogP contribution in [-0.4, -0.2) is 60.0 Å². The lowest BCUT2D eigenvalue weighted by molar-refractivity contribution is -0.192. The lowest BCUT2D eigenvalue weighted by Crippen LogP contribution is -2.42. The van der Waals surface area contributed by atoms with E-state index in [1.54, 1.807) is 25.3 Å². The number of halogens is 4. The van der Waals surface area contributed by atoms with Gasteiger partial charge in [-0.15, -0.1) is 0 Å². The number of ether oxygens (including phenoxy) is 1. The molecular formula is C21H25F4NO4S. The van der Waals surface area contributed by atoms with Gasteiger partial charge < -0.3 is 9.84 Å². The van der Waals surface area contributed by atoms with E-state index in [4.69, 9.17) is 14.6 Å². The number of thiol groups is 1. The molecule has 1 aliphatic heterocycles. The molecule has 31 heavy (non-hydrogen) atoms. The van der Waals surface area contributed by atoms with Gasteiger partial charge >= 0.3 is 12.1 Å². The third kappa shape index (κ3) is 7.33. The van der Waals surface area contributed by atoms with Crippen LogP contribution in [0, 0.1) is 11.7 Å². The smallest absolute Gasteiger partial charge is 0.475 e. The highest BCUT2D eigenvalue weighted by Gasteiger charge is 2.41. The number of carboxylic acid groups (broad SMARTS) is 1. The normalized spacial score (nSPS) is 21.9. The standard InChI is InChI=1S/C19H24FNO2S.C2HF3O2/c1-23-11-9-14-12-21(10-8-17(14)24)18(19(22)13-6-7-13)15-4-2-3-5-16(15)20;3-2(4,5)1(6)7/h2-5,9,13,17-18,24H,6-8,10-12H2,1H3;(H,6,7)/b14-9+;. The summed E-state index contributed by atoms with van der Waals surface area (Å²) in [6.45, 7) is 1.91. The van der Waals surface area contributed by atoms with Gasteiger partial charge in [-0.3, -0.25) is 9.69 Å². The molecule has 0 radical (unpaired) electrons. The number of hydrogen-bond donors (Lipinski definition) is 2. The van der Waals surface area contributed by atoms with Crippen LogP contribution >= 0.6 is 12.6 Å². The predicted octanol–water partition coefficient (Wildman–Crippen LogP) is 4.06. The molecule has 172 valence electrons. The Bertz CT molecular complexity index is 811. The number of carboxylic acids is 1. The number of aliphatic carboxylic acids is 1. The summed E-state index contributed by atoms with van der Waals surface area (Å²) in [7, 11) is 1.66. The van der Waals surface area contributed by atoms with Crippen molar-refractivity contribution in [2.24, 2.45) is 5.92 Å². The molecule has 0 spiro atoms. The molecule has 5 nitrogen and oxygen atoms in total. The highest BCUT2D eigenvalue weighted by molar-refractivity contribution is 7.81. The Kier molecular flexibility index (Phi) is 9.08. The van der Waals surface area contributed by atoms with E-state index < -0.39 is 18.2 Å². The lowest BCUT2D eigenvalue weighted by atomic mass is 9.93. The maximum Gasteiger partial charge on any atom is 0.490 e. The third-order valence-corrected chi connectivity index (χ3v) is 5.66. The molecular weight excluding hydrogens is 438 g/mol. The molecule has 1 aromatic carbocycles. The first kappa shape index (κ1) is 25.4. The van der Waals surface area contributed by atoms with E-state index in [0.717, 1.165) is 31.4 Å². The van der Waals surface area contributed by atoms with Crippen LogP contribution in [0.4, 0.5) is 17.6 Å². The summed E-state index contributed by atoms with van der Waals surface area (Å²) < 4.78 is 51.3. The molecule has 1 aromatic rings. The molecule has 2 aliphatic rings. The van der Waals surface area contributed by atoms with Crippen LogP contribution in [0.5, 0.6) is 0 Å². The number of hydrogen-bond acceptors (Lipinski definition) is 5. The molecule has 2 fully saturated rings. The summed E-state index contributed by atoms with van der Waals surface area (Å²) >= 11 is 4.64. The first-order chi connectivity index (χ1) is 14.6. The van der Waals surface area contributed by atoms with Crippen molar-refractivity contribution in [1.29, 1.82) is 0 Å². The number of benzene rings is 1. The monoisotopic (exact) mass is 463 g/mol. The summed E-state index contributed by atoms with van der Waals surface area (Å²) in [4.78, 5) is 23.9. The fourth-order valence-electron chi connectivity index (χ4n) is 3.32. The molecule has 1 heterocycles. The summed E-state index contributed by atoms with van der Waals surface area (Å²) in [5.41, 5.74) is 1.65. The molecule has 3 rings (SSSR count). The minimum atomic E-state index is -5.08. The topological polar surface area (TPSA) is 66.8 Å². The number of likely N-dealkylation sites (tertiary alicyclic amines) is 1. The van der Waals surface area contributed by atoms with Gasteiger partial charge in [0, 0.05) is 36.9 Å². The summed E-state index contributed by atoms with van der Waals surface area (Å²) in [6.07, 6.45) is -0.343. The highest BCUT2D eigenvalue weighted by atomic mass is 32.1. The fraction of sp³-hybridized carbons (Fsp3) is 0.524. The average Bonchev–Trinajstić information content (AvgIpc) is 3.55. The lowest BCUT2D eigenvalue weighted by Gasteiger charge is -2.37. The first-order valence-electron chi connectivity index (χ1n) is 9.74. The molecule has 1 saturated heterocycles. The van der Waals surface area contributed by atoms with Crippen LogP contribution in [0.3, 0.4) is 0 Å². The number of ketones is 1. The maximum atomic E-state index is 14.4. The second kappa shape index (κ2) is 11.1. The quantitative estimate of drug-likeness (QED) is 0.379. The van der Waals surface area contributed by atoms with E-state index >= 15 is 0 Å². The Labute approximate surface area is 183 Å². The number of alkyl halides is 3. The van der Waals surface area contributed by atoms with Crippen molar-refractivity contribution in [1.82, 2.24) is 4.90 Å². The van der Waals surface area contributed by atoms with Crippen molar-refractivity contribution < 1.29 is 37.0 Å². The summed E-state index contributed by atoms with van der Waals surface area (Å²) in [5, 5.41) is 7.30. The number of piperidine rings is 1. The van der Waals surface area contributed by atoms with Gasteiger partial charge in [-0.05, 0) is 30.9 Å². The second-order valence-electron chi connectivity index (χ2n) is 7.41. The number of methoxy groups -OCH3 is 1. The summed E-state index contributed by atoms with van der Waals surface area (Å²) in [5.74, 6) is -2.81. The highest BCUT2D eigenvalue weighted by Crippen LogP contribution is 2.39. The van der Waals surface area contributed by atoms with Gasteiger partial charge in [0.05, 0.1) is 12.6 Å². The zero-order valence-electron chi connectivity index (χ0n) is 16.9. The zero-order valence-corrected chi connectivity index (χ0v) is 17.8. The van der Waals surface area contributed by atoms with E-state index in [0.29, 0.717) is 18.7 Å². The van der Waals surface area contributed by atoms with Crippen molar-refractivity contribution in [3.05, 3.63) is 47.3 Å². The van der Waals surface area contributed by atoms with Gasteiger partial charge in [-0.25, -0.2) is 9.18 Å². The van der Waals surface area contributed by atoms with Gasteiger partial charge in [0.15, 0.2) is 5.78 Å². The van der Waals surface area contributed by atoms with E-state index in [9.17, 15) is 22.4 Å². The van der Waals surface area contributed by atoms with E-state index in [1.807, 2.05) is 6.08 Å². The molecule has 2 atom stereocenters. The third-order valence-electron chi connectivity index (χ3n) is 5.07. The van der Waals surface area contributed by atoms with Crippen LogP contribution < -0.4 is 0 Å².